The van der Waals surface area contributed by atoms with E-state index in [4.69, 9.17) is 0 Å². The molecule has 19 heavy (non-hydrogen) atoms. The maximum atomic E-state index is 10.7. The first kappa shape index (κ1) is 14.0. The fraction of sp³-hybridized carbons (Fsp3) is 0.571. The van der Waals surface area contributed by atoms with Gasteiger partial charge < -0.3 is 5.32 Å². The van der Waals surface area contributed by atoms with Gasteiger partial charge >= 0.3 is 0 Å². The Kier molecular flexibility index (Phi) is 4.87. The number of likely N-dealkylation sites (tertiary alicyclic amines) is 1. The van der Waals surface area contributed by atoms with Crippen LogP contribution in [0.2, 0.25) is 0 Å². The zero-order chi connectivity index (χ0) is 13.7. The summed E-state index contributed by atoms with van der Waals surface area (Å²) in [5.74, 6) is 0. The van der Waals surface area contributed by atoms with Crippen LogP contribution in [0, 0.1) is 10.1 Å². The van der Waals surface area contributed by atoms with E-state index in [1.807, 2.05) is 6.07 Å². The van der Waals surface area contributed by atoms with Gasteiger partial charge in [0, 0.05) is 31.3 Å². The van der Waals surface area contributed by atoms with Crippen molar-refractivity contribution >= 4 is 5.69 Å². The van der Waals surface area contributed by atoms with E-state index in [0.717, 1.165) is 12.1 Å². The van der Waals surface area contributed by atoms with Gasteiger partial charge in [-0.1, -0.05) is 12.1 Å². The van der Waals surface area contributed by atoms with Crippen LogP contribution in [0.1, 0.15) is 25.3 Å². The van der Waals surface area contributed by atoms with Crippen LogP contribution in [0.15, 0.2) is 24.3 Å². The van der Waals surface area contributed by atoms with Crippen LogP contribution in [0.25, 0.3) is 0 Å². The molecule has 0 bridgehead atoms. The molecule has 104 valence electrons. The molecule has 0 spiro atoms. The summed E-state index contributed by atoms with van der Waals surface area (Å²) >= 11 is 0. The summed E-state index contributed by atoms with van der Waals surface area (Å²) in [5, 5.41) is 14.1. The molecule has 0 amide bonds. The lowest BCUT2D eigenvalue weighted by molar-refractivity contribution is -0.384. The highest BCUT2D eigenvalue weighted by molar-refractivity contribution is 5.34. The first-order valence-corrected chi connectivity index (χ1v) is 6.85. The molecule has 5 heteroatoms. The van der Waals surface area contributed by atoms with Gasteiger partial charge in [-0.2, -0.15) is 0 Å². The molecule has 1 aromatic rings. The van der Waals surface area contributed by atoms with Gasteiger partial charge in [0.05, 0.1) is 4.92 Å². The molecule has 1 aromatic carbocycles. The third-order valence-electron chi connectivity index (χ3n) is 3.65. The topological polar surface area (TPSA) is 58.4 Å². The van der Waals surface area contributed by atoms with Crippen LogP contribution >= 0.6 is 0 Å². The van der Waals surface area contributed by atoms with Crippen molar-refractivity contribution in [2.24, 2.45) is 0 Å². The second-order valence-corrected chi connectivity index (χ2v) is 5.15. The van der Waals surface area contributed by atoms with Gasteiger partial charge in [0.25, 0.3) is 5.69 Å². The van der Waals surface area contributed by atoms with Crippen molar-refractivity contribution in [1.29, 1.82) is 0 Å². The lowest BCUT2D eigenvalue weighted by Gasteiger charge is -2.23. The van der Waals surface area contributed by atoms with E-state index in [-0.39, 0.29) is 10.6 Å². The largest absolute Gasteiger partial charge is 0.311 e. The summed E-state index contributed by atoms with van der Waals surface area (Å²) in [6.07, 6.45) is 2.60. The highest BCUT2D eigenvalue weighted by atomic mass is 16.6. The fourth-order valence-corrected chi connectivity index (χ4v) is 2.52. The molecular weight excluding hydrogens is 242 g/mol. The van der Waals surface area contributed by atoms with E-state index in [9.17, 15) is 10.1 Å². The number of non-ortho nitro benzene ring substituents is 1. The van der Waals surface area contributed by atoms with E-state index in [1.165, 1.54) is 32.0 Å². The number of hydrogen-bond donors (Lipinski definition) is 1. The number of rotatable bonds is 6. The quantitative estimate of drug-likeness (QED) is 0.631. The minimum absolute atomic E-state index is 0.159. The van der Waals surface area contributed by atoms with Crippen LogP contribution in [0.5, 0.6) is 0 Å². The molecule has 0 aliphatic carbocycles. The van der Waals surface area contributed by atoms with Crippen molar-refractivity contribution in [3.63, 3.8) is 0 Å². The van der Waals surface area contributed by atoms with Gasteiger partial charge in [0.1, 0.15) is 0 Å². The van der Waals surface area contributed by atoms with E-state index in [0.29, 0.717) is 12.6 Å². The summed E-state index contributed by atoms with van der Waals surface area (Å²) in [6.45, 7) is 6.22. The van der Waals surface area contributed by atoms with Crippen LogP contribution in [-0.4, -0.2) is 35.5 Å². The number of hydrogen-bond acceptors (Lipinski definition) is 4. The first-order valence-electron chi connectivity index (χ1n) is 6.85. The number of nitro groups is 1. The summed E-state index contributed by atoms with van der Waals surface area (Å²) < 4.78 is 0. The molecule has 1 N–H and O–H groups in total. The Bertz CT molecular complexity index is 430. The van der Waals surface area contributed by atoms with Gasteiger partial charge in [0.15, 0.2) is 0 Å². The number of benzene rings is 1. The van der Waals surface area contributed by atoms with Gasteiger partial charge in [-0.3, -0.25) is 15.0 Å². The first-order chi connectivity index (χ1) is 9.16. The Morgan fingerprint density at radius 1 is 1.42 bits per heavy atom. The van der Waals surface area contributed by atoms with Crippen molar-refractivity contribution in [2.45, 2.75) is 32.4 Å². The zero-order valence-corrected chi connectivity index (χ0v) is 11.3. The van der Waals surface area contributed by atoms with Crippen molar-refractivity contribution in [2.75, 3.05) is 19.6 Å². The van der Waals surface area contributed by atoms with Crippen molar-refractivity contribution in [3.05, 3.63) is 39.9 Å². The molecule has 1 atom stereocenters. The Hall–Kier alpha value is -1.46. The highest BCUT2D eigenvalue weighted by Crippen LogP contribution is 2.13. The molecule has 0 aromatic heterocycles. The Balaban J connectivity index is 1.78. The standard InChI is InChI=1S/C14H21N3O2/c1-12(16-7-2-3-8-16)10-15-11-13-5-4-6-14(9-13)17(18)19/h4-6,9,12,15H,2-3,7-8,10-11H2,1H3. The highest BCUT2D eigenvalue weighted by Gasteiger charge is 2.17. The van der Waals surface area contributed by atoms with Crippen molar-refractivity contribution in [1.82, 2.24) is 10.2 Å². The van der Waals surface area contributed by atoms with E-state index in [1.54, 1.807) is 12.1 Å². The third-order valence-corrected chi connectivity index (χ3v) is 3.65. The van der Waals surface area contributed by atoms with E-state index in [2.05, 4.69) is 17.1 Å². The van der Waals surface area contributed by atoms with Gasteiger partial charge in [-0.15, -0.1) is 0 Å². The Labute approximate surface area is 113 Å². The van der Waals surface area contributed by atoms with Crippen LogP contribution in [0.4, 0.5) is 5.69 Å². The molecule has 1 aliphatic heterocycles. The summed E-state index contributed by atoms with van der Waals surface area (Å²) in [7, 11) is 0. The molecule has 5 nitrogen and oxygen atoms in total. The van der Waals surface area contributed by atoms with E-state index >= 15 is 0 Å². The predicted octanol–water partition coefficient (Wildman–Crippen LogP) is 2.17. The SMILES string of the molecule is CC(CNCc1cccc([N+](=O)[O-])c1)N1CCCC1. The summed E-state index contributed by atoms with van der Waals surface area (Å²) in [4.78, 5) is 12.8. The number of nitrogens with zero attached hydrogens (tertiary/aromatic N) is 2. The molecular formula is C14H21N3O2. The van der Waals surface area contributed by atoms with Gasteiger partial charge in [-0.25, -0.2) is 0 Å². The molecule has 1 aliphatic rings. The second-order valence-electron chi connectivity index (χ2n) is 5.15. The minimum atomic E-state index is -0.351. The maximum absolute atomic E-state index is 10.7. The summed E-state index contributed by atoms with van der Waals surface area (Å²) in [6, 6.07) is 7.34. The van der Waals surface area contributed by atoms with Crippen LogP contribution in [-0.2, 0) is 6.54 Å². The predicted molar refractivity (Wildman–Crippen MR) is 75.1 cm³/mol. The van der Waals surface area contributed by atoms with Crippen LogP contribution in [0.3, 0.4) is 0 Å². The smallest absolute Gasteiger partial charge is 0.269 e. The molecule has 1 unspecified atom stereocenters. The molecule has 0 radical (unpaired) electrons. The second kappa shape index (κ2) is 6.63. The lowest BCUT2D eigenvalue weighted by atomic mass is 10.2. The van der Waals surface area contributed by atoms with Crippen molar-refractivity contribution < 1.29 is 4.92 Å². The molecule has 2 rings (SSSR count). The number of nitrogens with one attached hydrogen (secondary N) is 1. The van der Waals surface area contributed by atoms with E-state index < -0.39 is 0 Å². The average molecular weight is 263 g/mol. The van der Waals surface area contributed by atoms with Crippen molar-refractivity contribution in [3.8, 4) is 0 Å². The minimum Gasteiger partial charge on any atom is -0.311 e. The molecule has 1 heterocycles. The Morgan fingerprint density at radius 3 is 2.84 bits per heavy atom. The summed E-state index contributed by atoms with van der Waals surface area (Å²) in [5.41, 5.74) is 1.12. The normalized spacial score (nSPS) is 17.5. The van der Waals surface area contributed by atoms with Gasteiger partial charge in [-0.05, 0) is 38.4 Å². The molecule has 0 saturated carbocycles. The fourth-order valence-electron chi connectivity index (χ4n) is 2.52. The molecule has 1 saturated heterocycles. The monoisotopic (exact) mass is 263 g/mol. The number of nitro benzene ring substituents is 1. The average Bonchev–Trinajstić information content (AvgIpc) is 2.93. The molecule has 1 fully saturated rings. The van der Waals surface area contributed by atoms with Gasteiger partial charge in [0.2, 0.25) is 0 Å². The van der Waals surface area contributed by atoms with Crippen LogP contribution < -0.4 is 5.32 Å². The lowest BCUT2D eigenvalue weighted by Crippen LogP contribution is -2.38. The zero-order valence-electron chi connectivity index (χ0n) is 11.3. The maximum Gasteiger partial charge on any atom is 0.269 e. The third kappa shape index (κ3) is 4.01. The Morgan fingerprint density at radius 2 is 2.16 bits per heavy atom.